The Kier molecular flexibility index (Phi) is 4.39. The summed E-state index contributed by atoms with van der Waals surface area (Å²) in [6, 6.07) is 12.2. The van der Waals surface area contributed by atoms with Gasteiger partial charge in [-0.05, 0) is 56.4 Å². The predicted octanol–water partition coefficient (Wildman–Crippen LogP) is 4.74. The summed E-state index contributed by atoms with van der Waals surface area (Å²) in [6.07, 6.45) is 1.39. The van der Waals surface area contributed by atoms with E-state index in [1.54, 1.807) is 0 Å². The molecule has 0 aliphatic carbocycles. The van der Waals surface area contributed by atoms with Crippen LogP contribution in [0.15, 0.2) is 36.4 Å². The van der Waals surface area contributed by atoms with Crippen LogP contribution < -0.4 is 0 Å². The Morgan fingerprint density at radius 3 is 2.00 bits per heavy atom. The number of carbonyl (C=O) groups excluding carboxylic acids is 1. The van der Waals surface area contributed by atoms with Gasteiger partial charge in [-0.1, -0.05) is 42.0 Å². The van der Waals surface area contributed by atoms with Gasteiger partial charge < -0.3 is 0 Å². The lowest BCUT2D eigenvalue weighted by Gasteiger charge is -2.09. The normalized spacial score (nSPS) is 10.6. The van der Waals surface area contributed by atoms with Crippen molar-refractivity contribution in [3.8, 4) is 0 Å². The molecule has 1 nitrogen and oxygen atoms in total. The first kappa shape index (κ1) is 14.5. The molecule has 0 radical (unpaired) electrons. The first-order valence-electron chi connectivity index (χ1n) is 7.14. The highest BCUT2D eigenvalue weighted by Crippen LogP contribution is 2.17. The van der Waals surface area contributed by atoms with Crippen molar-refractivity contribution in [3.63, 3.8) is 0 Å². The SMILES string of the molecule is Cc1ccc(C(=O)CCc2cc(C)c(C)c(C)c2)cc1. The third-order valence-corrected chi connectivity index (χ3v) is 4.00. The minimum Gasteiger partial charge on any atom is -0.294 e. The first-order chi connectivity index (χ1) is 9.47. The van der Waals surface area contributed by atoms with Crippen LogP contribution in [0.25, 0.3) is 0 Å². The number of aryl methyl sites for hydroxylation is 4. The van der Waals surface area contributed by atoms with Gasteiger partial charge in [0.25, 0.3) is 0 Å². The summed E-state index contributed by atoms with van der Waals surface area (Å²) in [7, 11) is 0. The summed E-state index contributed by atoms with van der Waals surface area (Å²) in [4.78, 5) is 12.2. The molecule has 104 valence electrons. The monoisotopic (exact) mass is 266 g/mol. The van der Waals surface area contributed by atoms with Crippen LogP contribution in [-0.4, -0.2) is 5.78 Å². The fourth-order valence-corrected chi connectivity index (χ4v) is 2.41. The molecule has 0 saturated carbocycles. The van der Waals surface area contributed by atoms with Crippen molar-refractivity contribution >= 4 is 5.78 Å². The highest BCUT2D eigenvalue weighted by atomic mass is 16.1. The van der Waals surface area contributed by atoms with Gasteiger partial charge in [-0.25, -0.2) is 0 Å². The van der Waals surface area contributed by atoms with Crippen molar-refractivity contribution in [2.75, 3.05) is 0 Å². The van der Waals surface area contributed by atoms with E-state index >= 15 is 0 Å². The fraction of sp³-hybridized carbons (Fsp3) is 0.316. The van der Waals surface area contributed by atoms with E-state index in [0.29, 0.717) is 6.42 Å². The second kappa shape index (κ2) is 6.04. The molecule has 2 rings (SSSR count). The molecule has 0 N–H and O–H groups in total. The first-order valence-corrected chi connectivity index (χ1v) is 7.14. The molecular formula is C19H22O. The number of ketones is 1. The maximum atomic E-state index is 12.2. The summed E-state index contributed by atoms with van der Waals surface area (Å²) in [5.41, 5.74) is 7.22. The Morgan fingerprint density at radius 2 is 1.45 bits per heavy atom. The van der Waals surface area contributed by atoms with E-state index in [0.717, 1.165) is 12.0 Å². The standard InChI is InChI=1S/C19H22O/c1-13-5-8-18(9-6-13)19(20)10-7-17-11-14(2)16(4)15(3)12-17/h5-6,8-9,11-12H,7,10H2,1-4H3. The van der Waals surface area contributed by atoms with E-state index in [-0.39, 0.29) is 5.78 Å². The van der Waals surface area contributed by atoms with Crippen LogP contribution in [-0.2, 0) is 6.42 Å². The van der Waals surface area contributed by atoms with E-state index in [1.165, 1.54) is 27.8 Å². The third-order valence-electron chi connectivity index (χ3n) is 4.00. The number of hydrogen-bond acceptors (Lipinski definition) is 1. The zero-order chi connectivity index (χ0) is 14.7. The van der Waals surface area contributed by atoms with Crippen LogP contribution >= 0.6 is 0 Å². The van der Waals surface area contributed by atoms with Crippen LogP contribution in [0, 0.1) is 27.7 Å². The van der Waals surface area contributed by atoms with Crippen molar-refractivity contribution < 1.29 is 4.79 Å². The van der Waals surface area contributed by atoms with Gasteiger partial charge in [0.2, 0.25) is 0 Å². The average molecular weight is 266 g/mol. The topological polar surface area (TPSA) is 17.1 Å². The maximum Gasteiger partial charge on any atom is 0.163 e. The zero-order valence-electron chi connectivity index (χ0n) is 12.8. The Hall–Kier alpha value is -1.89. The summed E-state index contributed by atoms with van der Waals surface area (Å²) in [5.74, 6) is 0.223. The quantitative estimate of drug-likeness (QED) is 0.731. The molecule has 0 atom stereocenters. The van der Waals surface area contributed by atoms with Gasteiger partial charge in [-0.2, -0.15) is 0 Å². The van der Waals surface area contributed by atoms with E-state index in [1.807, 2.05) is 31.2 Å². The van der Waals surface area contributed by atoms with Crippen molar-refractivity contribution in [3.05, 3.63) is 69.8 Å². The van der Waals surface area contributed by atoms with Crippen LogP contribution in [0.2, 0.25) is 0 Å². The maximum absolute atomic E-state index is 12.2. The summed E-state index contributed by atoms with van der Waals surface area (Å²) >= 11 is 0. The molecule has 0 amide bonds. The predicted molar refractivity (Wildman–Crippen MR) is 84.5 cm³/mol. The molecule has 0 aliphatic heterocycles. The summed E-state index contributed by atoms with van der Waals surface area (Å²) < 4.78 is 0. The van der Waals surface area contributed by atoms with Crippen molar-refractivity contribution in [2.45, 2.75) is 40.5 Å². The smallest absolute Gasteiger partial charge is 0.163 e. The third kappa shape index (κ3) is 3.36. The van der Waals surface area contributed by atoms with Crippen LogP contribution in [0.1, 0.15) is 44.6 Å². The van der Waals surface area contributed by atoms with E-state index in [4.69, 9.17) is 0 Å². The molecule has 0 saturated heterocycles. The lowest BCUT2D eigenvalue weighted by Crippen LogP contribution is -2.02. The lowest BCUT2D eigenvalue weighted by molar-refractivity contribution is 0.0983. The Morgan fingerprint density at radius 1 is 0.900 bits per heavy atom. The second-order valence-corrected chi connectivity index (χ2v) is 5.64. The molecule has 0 aromatic heterocycles. The second-order valence-electron chi connectivity index (χ2n) is 5.64. The molecule has 0 spiro atoms. The molecule has 1 heteroatoms. The van der Waals surface area contributed by atoms with Gasteiger partial charge in [0, 0.05) is 12.0 Å². The molecule has 0 heterocycles. The van der Waals surface area contributed by atoms with E-state index in [2.05, 4.69) is 32.9 Å². The molecule has 2 aromatic rings. The highest BCUT2D eigenvalue weighted by Gasteiger charge is 2.07. The number of carbonyl (C=O) groups is 1. The van der Waals surface area contributed by atoms with Gasteiger partial charge in [-0.15, -0.1) is 0 Å². The van der Waals surface area contributed by atoms with Crippen molar-refractivity contribution in [1.29, 1.82) is 0 Å². The number of rotatable bonds is 4. The largest absolute Gasteiger partial charge is 0.294 e. The molecule has 0 aliphatic rings. The van der Waals surface area contributed by atoms with Gasteiger partial charge >= 0.3 is 0 Å². The molecule has 0 bridgehead atoms. The minimum atomic E-state index is 0.223. The van der Waals surface area contributed by atoms with Gasteiger partial charge in [0.1, 0.15) is 0 Å². The average Bonchev–Trinajstić information content (AvgIpc) is 2.42. The molecular weight excluding hydrogens is 244 g/mol. The van der Waals surface area contributed by atoms with E-state index < -0.39 is 0 Å². The molecule has 0 unspecified atom stereocenters. The van der Waals surface area contributed by atoms with Gasteiger partial charge in [0.05, 0.1) is 0 Å². The van der Waals surface area contributed by atoms with Crippen LogP contribution in [0.5, 0.6) is 0 Å². The Bertz CT molecular complexity index is 598. The summed E-state index contributed by atoms with van der Waals surface area (Å²) in [6.45, 7) is 8.44. The summed E-state index contributed by atoms with van der Waals surface area (Å²) in [5, 5.41) is 0. The molecule has 2 aromatic carbocycles. The number of hydrogen-bond donors (Lipinski definition) is 0. The van der Waals surface area contributed by atoms with Crippen molar-refractivity contribution in [2.24, 2.45) is 0 Å². The highest BCUT2D eigenvalue weighted by molar-refractivity contribution is 5.96. The molecule has 0 fully saturated rings. The van der Waals surface area contributed by atoms with Gasteiger partial charge in [0.15, 0.2) is 5.78 Å². The van der Waals surface area contributed by atoms with E-state index in [9.17, 15) is 4.79 Å². The minimum absolute atomic E-state index is 0.223. The number of Topliss-reactive ketones (excluding diaryl/α,β-unsaturated/α-hetero) is 1. The van der Waals surface area contributed by atoms with Crippen LogP contribution in [0.3, 0.4) is 0 Å². The zero-order valence-corrected chi connectivity index (χ0v) is 12.8. The Labute approximate surface area is 121 Å². The number of benzene rings is 2. The van der Waals surface area contributed by atoms with Crippen molar-refractivity contribution in [1.82, 2.24) is 0 Å². The Balaban J connectivity index is 2.05. The van der Waals surface area contributed by atoms with Gasteiger partial charge in [-0.3, -0.25) is 4.79 Å². The lowest BCUT2D eigenvalue weighted by atomic mass is 9.96. The molecule has 20 heavy (non-hydrogen) atoms. The van der Waals surface area contributed by atoms with Crippen LogP contribution in [0.4, 0.5) is 0 Å². The fourth-order valence-electron chi connectivity index (χ4n) is 2.41.